The van der Waals surface area contributed by atoms with Gasteiger partial charge in [-0.05, 0) is 23.6 Å². The first kappa shape index (κ1) is 18.1. The van der Waals surface area contributed by atoms with Gasteiger partial charge in [-0.25, -0.2) is 0 Å². The third kappa shape index (κ3) is 5.17. The number of carbonyl (C=O) groups is 3. The van der Waals surface area contributed by atoms with Crippen molar-refractivity contribution in [1.82, 2.24) is 10.6 Å². The van der Waals surface area contributed by atoms with Crippen LogP contribution in [-0.2, 0) is 16.1 Å². The topological polar surface area (TPSA) is 75.3 Å². The van der Waals surface area contributed by atoms with E-state index in [1.807, 2.05) is 0 Å². The Labute approximate surface area is 142 Å². The number of alkyl halides is 3. The van der Waals surface area contributed by atoms with Crippen molar-refractivity contribution in [2.75, 3.05) is 6.54 Å². The van der Waals surface area contributed by atoms with Crippen LogP contribution in [0.3, 0.4) is 0 Å². The first-order valence-corrected chi connectivity index (χ1v) is 8.30. The van der Waals surface area contributed by atoms with Gasteiger partial charge in [-0.15, -0.1) is 11.3 Å². The smallest absolute Gasteiger partial charge is 0.343 e. The van der Waals surface area contributed by atoms with Gasteiger partial charge < -0.3 is 10.6 Å². The summed E-state index contributed by atoms with van der Waals surface area (Å²) >= 11 is 2.53. The molecule has 2 aromatic rings. The van der Waals surface area contributed by atoms with Gasteiger partial charge in [0.15, 0.2) is 0 Å². The predicted molar refractivity (Wildman–Crippen MR) is 83.0 cm³/mol. The second-order valence-electron chi connectivity index (χ2n) is 4.59. The Hall–Kier alpha value is -2.20. The van der Waals surface area contributed by atoms with Gasteiger partial charge in [0.05, 0.1) is 11.4 Å². The molecule has 2 aromatic heterocycles. The maximum absolute atomic E-state index is 12.1. The molecular formula is C14H11F3N2O3S2. The molecule has 128 valence electrons. The molecule has 24 heavy (non-hydrogen) atoms. The molecule has 10 heteroatoms. The fourth-order valence-corrected chi connectivity index (χ4v) is 3.18. The van der Waals surface area contributed by atoms with Gasteiger partial charge in [0.25, 0.3) is 0 Å². The van der Waals surface area contributed by atoms with Gasteiger partial charge in [-0.1, -0.05) is 0 Å². The zero-order valence-corrected chi connectivity index (χ0v) is 13.6. The third-order valence-electron chi connectivity index (χ3n) is 2.75. The summed E-state index contributed by atoms with van der Waals surface area (Å²) in [6, 6.07) is 4.90. The highest BCUT2D eigenvalue weighted by Crippen LogP contribution is 2.21. The zero-order chi connectivity index (χ0) is 17.7. The number of hydrogen-bond donors (Lipinski definition) is 2. The SMILES string of the molecule is O=C(NCc1ccc(C(=O)c2ccsc2)s1)C(=O)NCC(F)(F)F. The van der Waals surface area contributed by atoms with Crippen molar-refractivity contribution in [3.8, 4) is 0 Å². The number of ketones is 1. The normalized spacial score (nSPS) is 11.1. The molecule has 0 aliphatic rings. The molecule has 2 heterocycles. The lowest BCUT2D eigenvalue weighted by molar-refractivity contribution is -0.146. The van der Waals surface area contributed by atoms with E-state index in [0.717, 1.165) is 11.3 Å². The summed E-state index contributed by atoms with van der Waals surface area (Å²) in [5.74, 6) is -2.68. The molecule has 0 atom stereocenters. The average molecular weight is 376 g/mol. The number of amides is 2. The maximum Gasteiger partial charge on any atom is 0.405 e. The molecule has 0 saturated carbocycles. The minimum absolute atomic E-state index is 0.0557. The lowest BCUT2D eigenvalue weighted by Crippen LogP contribution is -2.43. The molecule has 2 amide bonds. The van der Waals surface area contributed by atoms with E-state index in [9.17, 15) is 27.6 Å². The molecule has 0 fully saturated rings. The number of halogens is 3. The fraction of sp³-hybridized carbons (Fsp3) is 0.214. The molecule has 0 aliphatic heterocycles. The van der Waals surface area contributed by atoms with Crippen LogP contribution in [0.1, 0.15) is 20.1 Å². The molecule has 0 saturated heterocycles. The monoisotopic (exact) mass is 376 g/mol. The van der Waals surface area contributed by atoms with Crippen molar-refractivity contribution in [2.24, 2.45) is 0 Å². The molecule has 2 rings (SSSR count). The van der Waals surface area contributed by atoms with E-state index in [1.165, 1.54) is 16.7 Å². The molecule has 5 nitrogen and oxygen atoms in total. The zero-order valence-electron chi connectivity index (χ0n) is 12.0. The number of nitrogens with one attached hydrogen (secondary N) is 2. The summed E-state index contributed by atoms with van der Waals surface area (Å²) in [6.45, 7) is -1.63. The van der Waals surface area contributed by atoms with Crippen molar-refractivity contribution in [3.05, 3.63) is 44.3 Å². The van der Waals surface area contributed by atoms with Crippen LogP contribution in [0.2, 0.25) is 0 Å². The van der Waals surface area contributed by atoms with Gasteiger partial charge in [0.2, 0.25) is 5.78 Å². The van der Waals surface area contributed by atoms with Gasteiger partial charge >= 0.3 is 18.0 Å². The molecule has 0 spiro atoms. The van der Waals surface area contributed by atoms with E-state index >= 15 is 0 Å². The average Bonchev–Trinajstić information content (AvgIpc) is 3.20. The molecule has 0 unspecified atom stereocenters. The van der Waals surface area contributed by atoms with E-state index in [0.29, 0.717) is 15.3 Å². The molecule has 0 aromatic carbocycles. The summed E-state index contributed by atoms with van der Waals surface area (Å²) in [7, 11) is 0. The summed E-state index contributed by atoms with van der Waals surface area (Å²) in [5.41, 5.74) is 0.559. The van der Waals surface area contributed by atoms with Gasteiger partial charge in [0, 0.05) is 15.8 Å². The van der Waals surface area contributed by atoms with E-state index < -0.39 is 24.5 Å². The van der Waals surface area contributed by atoms with Gasteiger partial charge in [0.1, 0.15) is 6.54 Å². The van der Waals surface area contributed by atoms with Crippen LogP contribution in [0.25, 0.3) is 0 Å². The highest BCUT2D eigenvalue weighted by atomic mass is 32.1. The quantitative estimate of drug-likeness (QED) is 0.621. The summed E-state index contributed by atoms with van der Waals surface area (Å²) in [4.78, 5) is 35.8. The standard InChI is InChI=1S/C14H11F3N2O3S2/c15-14(16,17)7-19-13(22)12(21)18-5-9-1-2-10(24-9)11(20)8-3-4-23-6-8/h1-4,6H,5,7H2,(H,18,21)(H,19,22). The molecule has 0 aliphatic carbocycles. The minimum atomic E-state index is -4.58. The first-order chi connectivity index (χ1) is 11.3. The Morgan fingerprint density at radius 1 is 1.04 bits per heavy atom. The van der Waals surface area contributed by atoms with E-state index in [-0.39, 0.29) is 12.3 Å². The van der Waals surface area contributed by atoms with Gasteiger partial charge in [-0.2, -0.15) is 24.5 Å². The van der Waals surface area contributed by atoms with Crippen LogP contribution in [0, 0.1) is 0 Å². The van der Waals surface area contributed by atoms with Crippen molar-refractivity contribution in [1.29, 1.82) is 0 Å². The fourth-order valence-electron chi connectivity index (χ4n) is 1.64. The number of hydrogen-bond acceptors (Lipinski definition) is 5. The maximum atomic E-state index is 12.1. The highest BCUT2D eigenvalue weighted by molar-refractivity contribution is 7.14. The van der Waals surface area contributed by atoms with E-state index in [4.69, 9.17) is 0 Å². The summed E-state index contributed by atoms with van der Waals surface area (Å²) < 4.78 is 35.8. The summed E-state index contributed by atoms with van der Waals surface area (Å²) in [5, 5.41) is 7.18. The highest BCUT2D eigenvalue weighted by Gasteiger charge is 2.29. The Morgan fingerprint density at radius 2 is 1.75 bits per heavy atom. The van der Waals surface area contributed by atoms with Crippen LogP contribution in [0.4, 0.5) is 13.2 Å². The number of thiophene rings is 2. The molecular weight excluding hydrogens is 365 g/mol. The predicted octanol–water partition coefficient (Wildman–Crippen LogP) is 2.34. The first-order valence-electron chi connectivity index (χ1n) is 6.54. The van der Waals surface area contributed by atoms with Crippen LogP contribution in [0.5, 0.6) is 0 Å². The number of rotatable bonds is 5. The Balaban J connectivity index is 1.85. The van der Waals surface area contributed by atoms with E-state index in [1.54, 1.807) is 29.0 Å². The Kier molecular flexibility index (Phi) is 5.73. The summed E-state index contributed by atoms with van der Waals surface area (Å²) in [6.07, 6.45) is -4.58. The van der Waals surface area contributed by atoms with Crippen LogP contribution >= 0.6 is 22.7 Å². The third-order valence-corrected chi connectivity index (χ3v) is 4.51. The minimum Gasteiger partial charge on any atom is -0.343 e. The van der Waals surface area contributed by atoms with Crippen molar-refractivity contribution >= 4 is 40.3 Å². The van der Waals surface area contributed by atoms with E-state index in [2.05, 4.69) is 5.32 Å². The van der Waals surface area contributed by atoms with Gasteiger partial charge in [-0.3, -0.25) is 14.4 Å². The van der Waals surface area contributed by atoms with Crippen LogP contribution < -0.4 is 10.6 Å². The molecule has 0 bridgehead atoms. The Bertz CT molecular complexity index is 739. The molecule has 2 N–H and O–H groups in total. The van der Waals surface area contributed by atoms with Crippen LogP contribution in [0.15, 0.2) is 29.0 Å². The second kappa shape index (κ2) is 7.58. The van der Waals surface area contributed by atoms with Crippen molar-refractivity contribution in [2.45, 2.75) is 12.7 Å². The van der Waals surface area contributed by atoms with Crippen molar-refractivity contribution < 1.29 is 27.6 Å². The molecule has 0 radical (unpaired) electrons. The largest absolute Gasteiger partial charge is 0.405 e. The number of carbonyl (C=O) groups excluding carboxylic acids is 3. The van der Waals surface area contributed by atoms with Crippen molar-refractivity contribution in [3.63, 3.8) is 0 Å². The lowest BCUT2D eigenvalue weighted by Gasteiger charge is -2.08. The lowest BCUT2D eigenvalue weighted by atomic mass is 10.2. The Morgan fingerprint density at radius 3 is 2.38 bits per heavy atom. The van der Waals surface area contributed by atoms with Crippen LogP contribution in [-0.4, -0.2) is 30.3 Å². The second-order valence-corrected chi connectivity index (χ2v) is 6.54.